The standard InChI is InChI=1S/C10H10ClNO3/c11-8-3-1-2-7(12-8)10(9(14)15)4-6(13)5-10/h1-3,6,13H,4-5H2,(H,14,15). The molecule has 1 aromatic rings. The van der Waals surface area contributed by atoms with Crippen LogP contribution in [-0.4, -0.2) is 27.3 Å². The molecule has 0 unspecified atom stereocenters. The number of aliphatic carboxylic acids is 1. The predicted octanol–water partition coefficient (Wildman–Crippen LogP) is 1.21. The molecule has 0 spiro atoms. The summed E-state index contributed by atoms with van der Waals surface area (Å²) < 4.78 is 0. The average molecular weight is 228 g/mol. The van der Waals surface area contributed by atoms with E-state index in [2.05, 4.69) is 4.98 Å². The van der Waals surface area contributed by atoms with Gasteiger partial charge in [0.25, 0.3) is 0 Å². The van der Waals surface area contributed by atoms with Gasteiger partial charge in [-0.25, -0.2) is 4.98 Å². The average Bonchev–Trinajstić information content (AvgIpc) is 2.12. The Hall–Kier alpha value is -1.13. The van der Waals surface area contributed by atoms with Crippen LogP contribution in [-0.2, 0) is 10.2 Å². The summed E-state index contributed by atoms with van der Waals surface area (Å²) in [6, 6.07) is 4.89. The maximum absolute atomic E-state index is 11.2. The number of pyridine rings is 1. The van der Waals surface area contributed by atoms with Gasteiger partial charge in [-0.1, -0.05) is 17.7 Å². The van der Waals surface area contributed by atoms with Gasteiger partial charge in [0.1, 0.15) is 10.6 Å². The Morgan fingerprint density at radius 1 is 1.53 bits per heavy atom. The van der Waals surface area contributed by atoms with Crippen molar-refractivity contribution in [3.63, 3.8) is 0 Å². The Bertz CT molecular complexity index is 401. The van der Waals surface area contributed by atoms with Gasteiger partial charge in [-0.3, -0.25) is 4.79 Å². The van der Waals surface area contributed by atoms with Crippen molar-refractivity contribution in [2.24, 2.45) is 0 Å². The Balaban J connectivity index is 2.39. The lowest BCUT2D eigenvalue weighted by Gasteiger charge is -2.41. The summed E-state index contributed by atoms with van der Waals surface area (Å²) in [5.74, 6) is -0.956. The summed E-state index contributed by atoms with van der Waals surface area (Å²) in [5, 5.41) is 18.7. The van der Waals surface area contributed by atoms with Crippen molar-refractivity contribution in [1.29, 1.82) is 0 Å². The van der Waals surface area contributed by atoms with Crippen LogP contribution in [0.25, 0.3) is 0 Å². The summed E-state index contributed by atoms with van der Waals surface area (Å²) in [4.78, 5) is 15.2. The molecular weight excluding hydrogens is 218 g/mol. The number of halogens is 1. The van der Waals surface area contributed by atoms with Crippen molar-refractivity contribution in [2.45, 2.75) is 24.4 Å². The second kappa shape index (κ2) is 3.47. The van der Waals surface area contributed by atoms with Crippen LogP contribution in [0.15, 0.2) is 18.2 Å². The number of carboxylic acids is 1. The first-order valence-corrected chi connectivity index (χ1v) is 4.97. The molecule has 2 rings (SSSR count). The van der Waals surface area contributed by atoms with Gasteiger partial charge in [0.05, 0.1) is 11.8 Å². The summed E-state index contributed by atoms with van der Waals surface area (Å²) in [6.07, 6.45) is -0.146. The maximum atomic E-state index is 11.2. The van der Waals surface area contributed by atoms with Crippen molar-refractivity contribution in [1.82, 2.24) is 4.98 Å². The van der Waals surface area contributed by atoms with E-state index < -0.39 is 17.5 Å². The molecule has 4 nitrogen and oxygen atoms in total. The third kappa shape index (κ3) is 1.60. The number of carbonyl (C=O) groups is 1. The first-order valence-electron chi connectivity index (χ1n) is 4.59. The predicted molar refractivity (Wildman–Crippen MR) is 53.8 cm³/mol. The fourth-order valence-corrected chi connectivity index (χ4v) is 2.08. The maximum Gasteiger partial charge on any atom is 0.315 e. The Labute approximate surface area is 91.5 Å². The molecule has 1 fully saturated rings. The third-order valence-corrected chi connectivity index (χ3v) is 2.99. The zero-order chi connectivity index (χ0) is 11.1. The van der Waals surface area contributed by atoms with Crippen LogP contribution >= 0.6 is 11.6 Å². The summed E-state index contributed by atoms with van der Waals surface area (Å²) in [6.45, 7) is 0. The normalized spacial score (nSPS) is 29.6. The van der Waals surface area contributed by atoms with Crippen molar-refractivity contribution < 1.29 is 15.0 Å². The number of rotatable bonds is 2. The topological polar surface area (TPSA) is 70.4 Å². The molecule has 1 aromatic heterocycles. The van der Waals surface area contributed by atoms with E-state index in [-0.39, 0.29) is 18.0 Å². The number of hydrogen-bond donors (Lipinski definition) is 2. The fourth-order valence-electron chi connectivity index (χ4n) is 1.91. The van der Waals surface area contributed by atoms with E-state index in [9.17, 15) is 9.90 Å². The van der Waals surface area contributed by atoms with Gasteiger partial charge in [0, 0.05) is 0 Å². The molecule has 1 heterocycles. The zero-order valence-corrected chi connectivity index (χ0v) is 8.61. The van der Waals surface area contributed by atoms with E-state index in [0.717, 1.165) is 0 Å². The van der Waals surface area contributed by atoms with Gasteiger partial charge in [-0.2, -0.15) is 0 Å². The van der Waals surface area contributed by atoms with Crippen molar-refractivity contribution in [3.05, 3.63) is 29.0 Å². The van der Waals surface area contributed by atoms with Crippen molar-refractivity contribution >= 4 is 17.6 Å². The molecular formula is C10H10ClNO3. The van der Waals surface area contributed by atoms with Crippen LogP contribution in [0.5, 0.6) is 0 Å². The smallest absolute Gasteiger partial charge is 0.315 e. The molecule has 15 heavy (non-hydrogen) atoms. The molecule has 0 saturated heterocycles. The number of aliphatic hydroxyl groups excluding tert-OH is 1. The molecule has 2 N–H and O–H groups in total. The molecule has 0 atom stereocenters. The molecule has 0 radical (unpaired) electrons. The van der Waals surface area contributed by atoms with E-state index in [0.29, 0.717) is 5.69 Å². The zero-order valence-electron chi connectivity index (χ0n) is 7.85. The van der Waals surface area contributed by atoms with E-state index in [1.54, 1.807) is 18.2 Å². The highest BCUT2D eigenvalue weighted by molar-refractivity contribution is 6.29. The second-order valence-electron chi connectivity index (χ2n) is 3.79. The van der Waals surface area contributed by atoms with Crippen molar-refractivity contribution in [2.75, 3.05) is 0 Å². The highest BCUT2D eigenvalue weighted by atomic mass is 35.5. The number of hydrogen-bond acceptors (Lipinski definition) is 3. The molecule has 0 aromatic carbocycles. The second-order valence-corrected chi connectivity index (χ2v) is 4.18. The third-order valence-electron chi connectivity index (χ3n) is 2.78. The van der Waals surface area contributed by atoms with Gasteiger partial charge in [-0.15, -0.1) is 0 Å². The largest absolute Gasteiger partial charge is 0.481 e. The Kier molecular flexibility index (Phi) is 2.40. The first kappa shape index (κ1) is 10.4. The fraction of sp³-hybridized carbons (Fsp3) is 0.400. The minimum absolute atomic E-state index is 0.204. The monoisotopic (exact) mass is 227 g/mol. The van der Waals surface area contributed by atoms with E-state index in [1.165, 1.54) is 0 Å². The molecule has 1 aliphatic rings. The summed E-state index contributed by atoms with van der Waals surface area (Å²) >= 11 is 5.71. The van der Waals surface area contributed by atoms with Gasteiger partial charge in [0.2, 0.25) is 0 Å². The summed E-state index contributed by atoms with van der Waals surface area (Å²) in [7, 11) is 0. The van der Waals surface area contributed by atoms with Gasteiger partial charge < -0.3 is 10.2 Å². The van der Waals surface area contributed by atoms with E-state index in [4.69, 9.17) is 16.7 Å². The van der Waals surface area contributed by atoms with Gasteiger partial charge in [0.15, 0.2) is 0 Å². The quantitative estimate of drug-likeness (QED) is 0.746. The van der Waals surface area contributed by atoms with Crippen LogP contribution in [0.1, 0.15) is 18.5 Å². The number of aromatic nitrogens is 1. The van der Waals surface area contributed by atoms with Crippen molar-refractivity contribution in [3.8, 4) is 0 Å². The molecule has 5 heteroatoms. The van der Waals surface area contributed by atoms with E-state index in [1.807, 2.05) is 0 Å². The lowest BCUT2D eigenvalue weighted by atomic mass is 9.64. The molecule has 0 aliphatic heterocycles. The summed E-state index contributed by atoms with van der Waals surface area (Å²) in [5.41, 5.74) is -0.627. The lowest BCUT2D eigenvalue weighted by Crippen LogP contribution is -2.51. The van der Waals surface area contributed by atoms with Crippen LogP contribution < -0.4 is 0 Å². The minimum atomic E-state index is -1.05. The SMILES string of the molecule is O=C(O)C1(c2cccc(Cl)n2)CC(O)C1. The van der Waals surface area contributed by atoms with Gasteiger partial charge in [-0.05, 0) is 25.0 Å². The van der Waals surface area contributed by atoms with E-state index >= 15 is 0 Å². The number of nitrogens with zero attached hydrogens (tertiary/aromatic N) is 1. The van der Waals surface area contributed by atoms with Crippen LogP contribution in [0.2, 0.25) is 5.15 Å². The lowest BCUT2D eigenvalue weighted by molar-refractivity contribution is -0.153. The molecule has 80 valence electrons. The number of aliphatic hydroxyl groups is 1. The van der Waals surface area contributed by atoms with Crippen LogP contribution in [0.3, 0.4) is 0 Å². The Morgan fingerprint density at radius 3 is 2.67 bits per heavy atom. The van der Waals surface area contributed by atoms with Crippen LogP contribution in [0, 0.1) is 0 Å². The van der Waals surface area contributed by atoms with Crippen LogP contribution in [0.4, 0.5) is 0 Å². The Morgan fingerprint density at radius 2 is 2.20 bits per heavy atom. The highest BCUT2D eigenvalue weighted by Gasteiger charge is 2.52. The first-order chi connectivity index (χ1) is 7.04. The molecule has 1 aliphatic carbocycles. The molecule has 0 amide bonds. The van der Waals surface area contributed by atoms with Gasteiger partial charge >= 0.3 is 5.97 Å². The molecule has 1 saturated carbocycles. The minimum Gasteiger partial charge on any atom is -0.481 e. The molecule has 0 bridgehead atoms. The highest BCUT2D eigenvalue weighted by Crippen LogP contribution is 2.43. The number of carboxylic acid groups (broad SMARTS) is 1.